The van der Waals surface area contributed by atoms with Gasteiger partial charge in [0.05, 0.1) is 0 Å². The highest BCUT2D eigenvalue weighted by Crippen LogP contribution is 2.38. The number of carbonyl (C=O) groups is 2. The number of hydrogen-bond donors (Lipinski definition) is 1. The molecular weight excluding hydrogens is 268 g/mol. The van der Waals surface area contributed by atoms with Crippen molar-refractivity contribution in [2.45, 2.75) is 53.4 Å². The molecule has 1 rings (SSSR count). The average Bonchev–Trinajstić information content (AvgIpc) is 2.45. The van der Waals surface area contributed by atoms with Gasteiger partial charge in [-0.05, 0) is 24.2 Å². The van der Waals surface area contributed by atoms with Crippen LogP contribution in [0.15, 0.2) is 0 Å². The van der Waals surface area contributed by atoms with Crippen LogP contribution in [0.25, 0.3) is 0 Å². The number of amides is 2. The van der Waals surface area contributed by atoms with Gasteiger partial charge in [-0.2, -0.15) is 0 Å². The summed E-state index contributed by atoms with van der Waals surface area (Å²) >= 11 is 0. The third kappa shape index (κ3) is 4.90. The van der Waals surface area contributed by atoms with Crippen LogP contribution in [-0.2, 0) is 4.79 Å². The number of hydrogen-bond acceptors (Lipinski definition) is 2. The summed E-state index contributed by atoms with van der Waals surface area (Å²) in [7, 11) is 0. The first kappa shape index (κ1) is 17.8. The Morgan fingerprint density at radius 2 is 1.71 bits per heavy atom. The molecule has 2 amide bonds. The fourth-order valence-electron chi connectivity index (χ4n) is 3.14. The Morgan fingerprint density at radius 3 is 2.10 bits per heavy atom. The molecule has 0 saturated carbocycles. The second-order valence-corrected chi connectivity index (χ2v) is 6.64. The van der Waals surface area contributed by atoms with Gasteiger partial charge in [-0.15, -0.1) is 0 Å². The fraction of sp³-hybridized carbons (Fsp3) is 0.875. The molecule has 5 heteroatoms. The molecule has 0 aliphatic carbocycles. The third-order valence-corrected chi connectivity index (χ3v) is 4.78. The van der Waals surface area contributed by atoms with Gasteiger partial charge in [0.2, 0.25) is 0 Å². The number of aliphatic carboxylic acids is 1. The number of carboxylic acid groups (broad SMARTS) is 1. The van der Waals surface area contributed by atoms with E-state index in [4.69, 9.17) is 5.11 Å². The van der Waals surface area contributed by atoms with Crippen LogP contribution in [0.3, 0.4) is 0 Å². The minimum atomic E-state index is -0.947. The van der Waals surface area contributed by atoms with E-state index in [1.165, 1.54) is 4.90 Å². The molecule has 0 aromatic rings. The number of urea groups is 1. The van der Waals surface area contributed by atoms with E-state index in [1.807, 2.05) is 18.7 Å². The lowest BCUT2D eigenvalue weighted by Gasteiger charge is -2.42. The molecular formula is C16H30N2O3. The second kappa shape index (κ2) is 7.66. The SMILES string of the molecule is CCC1(CC)CCN(C(=O)N(CC(=O)O)CC(C)C)CC1. The Morgan fingerprint density at radius 1 is 1.19 bits per heavy atom. The molecule has 0 atom stereocenters. The Labute approximate surface area is 128 Å². The number of rotatable bonds is 6. The molecule has 1 aliphatic rings. The van der Waals surface area contributed by atoms with Crippen molar-refractivity contribution in [2.24, 2.45) is 11.3 Å². The van der Waals surface area contributed by atoms with E-state index in [0.29, 0.717) is 12.0 Å². The van der Waals surface area contributed by atoms with Crippen LogP contribution in [0.2, 0.25) is 0 Å². The van der Waals surface area contributed by atoms with Crippen molar-refractivity contribution < 1.29 is 14.7 Å². The molecule has 0 bridgehead atoms. The molecule has 1 fully saturated rings. The van der Waals surface area contributed by atoms with Crippen molar-refractivity contribution in [3.63, 3.8) is 0 Å². The van der Waals surface area contributed by atoms with E-state index in [0.717, 1.165) is 38.8 Å². The molecule has 1 heterocycles. The van der Waals surface area contributed by atoms with Crippen LogP contribution >= 0.6 is 0 Å². The highest BCUT2D eigenvalue weighted by atomic mass is 16.4. The first-order valence-corrected chi connectivity index (χ1v) is 8.09. The van der Waals surface area contributed by atoms with E-state index < -0.39 is 5.97 Å². The minimum absolute atomic E-state index is 0.119. The number of carbonyl (C=O) groups excluding carboxylic acids is 1. The van der Waals surface area contributed by atoms with Gasteiger partial charge < -0.3 is 14.9 Å². The summed E-state index contributed by atoms with van der Waals surface area (Å²) in [6.07, 6.45) is 4.34. The molecule has 0 unspecified atom stereocenters. The minimum Gasteiger partial charge on any atom is -0.480 e. The smallest absolute Gasteiger partial charge is 0.323 e. The maximum absolute atomic E-state index is 12.5. The van der Waals surface area contributed by atoms with Crippen LogP contribution in [0.5, 0.6) is 0 Å². The van der Waals surface area contributed by atoms with Gasteiger partial charge in [-0.1, -0.05) is 40.5 Å². The number of likely N-dealkylation sites (tertiary alicyclic amines) is 1. The summed E-state index contributed by atoms with van der Waals surface area (Å²) in [5.41, 5.74) is 0.368. The van der Waals surface area contributed by atoms with Crippen molar-refractivity contribution in [2.75, 3.05) is 26.2 Å². The zero-order valence-electron chi connectivity index (χ0n) is 13.9. The number of carboxylic acids is 1. The van der Waals surface area contributed by atoms with Gasteiger partial charge in [-0.3, -0.25) is 4.79 Å². The predicted octanol–water partition coefficient (Wildman–Crippen LogP) is 3.05. The normalized spacial score (nSPS) is 17.9. The highest BCUT2D eigenvalue weighted by Gasteiger charge is 2.34. The summed E-state index contributed by atoms with van der Waals surface area (Å²) in [5.74, 6) is -0.680. The maximum atomic E-state index is 12.5. The molecule has 1 aliphatic heterocycles. The molecule has 5 nitrogen and oxygen atoms in total. The quantitative estimate of drug-likeness (QED) is 0.820. The van der Waals surface area contributed by atoms with Gasteiger partial charge in [0.15, 0.2) is 0 Å². The lowest BCUT2D eigenvalue weighted by atomic mass is 9.74. The van der Waals surface area contributed by atoms with Gasteiger partial charge in [-0.25, -0.2) is 4.79 Å². The second-order valence-electron chi connectivity index (χ2n) is 6.64. The molecule has 0 spiro atoms. The maximum Gasteiger partial charge on any atom is 0.323 e. The first-order valence-electron chi connectivity index (χ1n) is 8.09. The third-order valence-electron chi connectivity index (χ3n) is 4.78. The molecule has 1 saturated heterocycles. The van der Waals surface area contributed by atoms with Gasteiger partial charge >= 0.3 is 12.0 Å². The van der Waals surface area contributed by atoms with Crippen LogP contribution < -0.4 is 0 Å². The standard InChI is InChI=1S/C16H30N2O3/c1-5-16(6-2)7-9-17(10-8-16)15(21)18(11-13(3)4)12-14(19)20/h13H,5-12H2,1-4H3,(H,19,20). The molecule has 0 aromatic carbocycles. The average molecular weight is 298 g/mol. The van der Waals surface area contributed by atoms with E-state index in [-0.39, 0.29) is 18.5 Å². The van der Waals surface area contributed by atoms with E-state index in [9.17, 15) is 9.59 Å². The van der Waals surface area contributed by atoms with Crippen LogP contribution in [0, 0.1) is 11.3 Å². The van der Waals surface area contributed by atoms with E-state index in [2.05, 4.69) is 13.8 Å². The monoisotopic (exact) mass is 298 g/mol. The summed E-state index contributed by atoms with van der Waals surface area (Å²) in [5, 5.41) is 8.99. The molecule has 0 radical (unpaired) electrons. The van der Waals surface area contributed by atoms with Crippen molar-refractivity contribution in [3.05, 3.63) is 0 Å². The van der Waals surface area contributed by atoms with Gasteiger partial charge in [0.1, 0.15) is 6.54 Å². The van der Waals surface area contributed by atoms with Crippen molar-refractivity contribution >= 4 is 12.0 Å². The van der Waals surface area contributed by atoms with Gasteiger partial charge in [0, 0.05) is 19.6 Å². The lowest BCUT2D eigenvalue weighted by molar-refractivity contribution is -0.137. The van der Waals surface area contributed by atoms with Gasteiger partial charge in [0.25, 0.3) is 0 Å². The highest BCUT2D eigenvalue weighted by molar-refractivity contribution is 5.80. The zero-order chi connectivity index (χ0) is 16.0. The predicted molar refractivity (Wildman–Crippen MR) is 83.3 cm³/mol. The fourth-order valence-corrected chi connectivity index (χ4v) is 3.14. The molecule has 1 N–H and O–H groups in total. The van der Waals surface area contributed by atoms with Crippen molar-refractivity contribution in [1.82, 2.24) is 9.80 Å². The number of piperidine rings is 1. The zero-order valence-corrected chi connectivity index (χ0v) is 13.9. The summed E-state index contributed by atoms with van der Waals surface area (Å²) < 4.78 is 0. The topological polar surface area (TPSA) is 60.9 Å². The lowest BCUT2D eigenvalue weighted by Crippen LogP contribution is -2.50. The van der Waals surface area contributed by atoms with Crippen molar-refractivity contribution in [1.29, 1.82) is 0 Å². The summed E-state index contributed by atoms with van der Waals surface area (Å²) in [6, 6.07) is -0.119. The molecule has 0 aromatic heterocycles. The molecule has 122 valence electrons. The van der Waals surface area contributed by atoms with Crippen LogP contribution in [0.1, 0.15) is 53.4 Å². The van der Waals surface area contributed by atoms with E-state index >= 15 is 0 Å². The first-order chi connectivity index (χ1) is 9.83. The Hall–Kier alpha value is -1.26. The Kier molecular flexibility index (Phi) is 6.49. The largest absolute Gasteiger partial charge is 0.480 e. The van der Waals surface area contributed by atoms with Crippen LogP contribution in [0.4, 0.5) is 4.79 Å². The summed E-state index contributed by atoms with van der Waals surface area (Å²) in [6.45, 7) is 10.2. The number of nitrogens with zero attached hydrogens (tertiary/aromatic N) is 2. The van der Waals surface area contributed by atoms with E-state index in [1.54, 1.807) is 0 Å². The van der Waals surface area contributed by atoms with Crippen molar-refractivity contribution in [3.8, 4) is 0 Å². The van der Waals surface area contributed by atoms with Crippen LogP contribution in [-0.4, -0.2) is 53.1 Å². The Bertz CT molecular complexity index is 355. The Balaban J connectivity index is 2.66. The summed E-state index contributed by atoms with van der Waals surface area (Å²) in [4.78, 5) is 26.8. The molecule has 21 heavy (non-hydrogen) atoms.